The second kappa shape index (κ2) is 6.48. The van der Waals surface area contributed by atoms with E-state index in [1.807, 2.05) is 51.1 Å². The van der Waals surface area contributed by atoms with Crippen LogP contribution in [0, 0.1) is 6.92 Å². The third-order valence-corrected chi connectivity index (χ3v) is 2.79. The Morgan fingerprint density at radius 1 is 1.15 bits per heavy atom. The number of aromatic nitrogens is 2. The van der Waals surface area contributed by atoms with Gasteiger partial charge in [0.15, 0.2) is 0 Å². The van der Waals surface area contributed by atoms with E-state index in [4.69, 9.17) is 10.5 Å². The number of hydrogen-bond acceptors (Lipinski definition) is 4. The van der Waals surface area contributed by atoms with Gasteiger partial charge in [-0.3, -0.25) is 0 Å². The summed E-state index contributed by atoms with van der Waals surface area (Å²) in [6.07, 6.45) is 0.877. The van der Waals surface area contributed by atoms with E-state index < -0.39 is 0 Å². The molecule has 0 aliphatic carbocycles. The number of nitrogens with two attached hydrogens (primary N) is 1. The monoisotopic (exact) mass is 271 g/mol. The molecule has 0 unspecified atom stereocenters. The zero-order chi connectivity index (χ0) is 14.5. The van der Waals surface area contributed by atoms with E-state index in [0.717, 1.165) is 28.5 Å². The van der Waals surface area contributed by atoms with Gasteiger partial charge in [-0.05, 0) is 57.6 Å². The van der Waals surface area contributed by atoms with Crippen LogP contribution in [0.3, 0.4) is 0 Å². The number of hydrogen-bond donors (Lipinski definition) is 1. The molecule has 2 aromatic rings. The van der Waals surface area contributed by atoms with Crippen molar-refractivity contribution in [2.45, 2.75) is 33.3 Å². The molecule has 0 aliphatic rings. The van der Waals surface area contributed by atoms with Crippen LogP contribution >= 0.6 is 0 Å². The minimum Gasteiger partial charge on any atom is -0.491 e. The Morgan fingerprint density at radius 3 is 2.45 bits per heavy atom. The lowest BCUT2D eigenvalue weighted by atomic mass is 10.1. The average molecular weight is 271 g/mol. The van der Waals surface area contributed by atoms with Gasteiger partial charge in [-0.25, -0.2) is 9.97 Å². The molecule has 0 aliphatic heterocycles. The van der Waals surface area contributed by atoms with Crippen molar-refractivity contribution in [1.29, 1.82) is 0 Å². The molecule has 0 amide bonds. The Hall–Kier alpha value is -1.94. The summed E-state index contributed by atoms with van der Waals surface area (Å²) in [7, 11) is 0. The van der Waals surface area contributed by atoms with Crippen LogP contribution in [0.25, 0.3) is 11.3 Å². The fourth-order valence-electron chi connectivity index (χ4n) is 2.00. The van der Waals surface area contributed by atoms with Crippen LogP contribution in [0.1, 0.15) is 25.4 Å². The van der Waals surface area contributed by atoms with E-state index in [1.54, 1.807) is 0 Å². The van der Waals surface area contributed by atoms with E-state index in [9.17, 15) is 0 Å². The summed E-state index contributed by atoms with van der Waals surface area (Å²) < 4.78 is 5.64. The number of ether oxygens (including phenoxy) is 1. The predicted molar refractivity (Wildman–Crippen MR) is 80.7 cm³/mol. The lowest BCUT2D eigenvalue weighted by Crippen LogP contribution is -2.08. The lowest BCUT2D eigenvalue weighted by molar-refractivity contribution is 0.242. The average Bonchev–Trinajstić information content (AvgIpc) is 2.38. The molecule has 0 saturated carbocycles. The van der Waals surface area contributed by atoms with Crippen LogP contribution < -0.4 is 10.5 Å². The molecule has 1 heterocycles. The molecule has 0 bridgehead atoms. The third-order valence-electron chi connectivity index (χ3n) is 2.79. The van der Waals surface area contributed by atoms with Gasteiger partial charge < -0.3 is 10.5 Å². The summed E-state index contributed by atoms with van der Waals surface area (Å²) in [5.41, 5.74) is 8.52. The van der Waals surface area contributed by atoms with Gasteiger partial charge in [-0.15, -0.1) is 0 Å². The number of benzene rings is 1. The molecule has 0 atom stereocenters. The Morgan fingerprint density at radius 2 is 1.85 bits per heavy atom. The second-order valence-corrected chi connectivity index (χ2v) is 5.04. The normalized spacial score (nSPS) is 10.8. The molecule has 0 fully saturated rings. The molecule has 2 N–H and O–H groups in total. The molecular weight excluding hydrogens is 250 g/mol. The number of aryl methyl sites for hydroxylation is 1. The Balaban J connectivity index is 2.26. The fourth-order valence-corrected chi connectivity index (χ4v) is 2.00. The van der Waals surface area contributed by atoms with Crippen molar-refractivity contribution in [2.24, 2.45) is 5.73 Å². The van der Waals surface area contributed by atoms with Gasteiger partial charge in [-0.2, -0.15) is 0 Å². The van der Waals surface area contributed by atoms with Gasteiger partial charge in [0.05, 0.1) is 11.8 Å². The summed E-state index contributed by atoms with van der Waals surface area (Å²) >= 11 is 0. The van der Waals surface area contributed by atoms with E-state index in [0.29, 0.717) is 13.0 Å². The maximum atomic E-state index is 5.64. The molecule has 1 aromatic carbocycles. The van der Waals surface area contributed by atoms with Gasteiger partial charge in [-0.1, -0.05) is 0 Å². The largest absolute Gasteiger partial charge is 0.491 e. The third kappa shape index (κ3) is 3.78. The zero-order valence-electron chi connectivity index (χ0n) is 12.3. The van der Waals surface area contributed by atoms with Crippen molar-refractivity contribution in [1.82, 2.24) is 9.97 Å². The summed E-state index contributed by atoms with van der Waals surface area (Å²) in [5, 5.41) is 0. The first-order valence-electron chi connectivity index (χ1n) is 6.90. The van der Waals surface area contributed by atoms with E-state index in [1.165, 1.54) is 0 Å². The highest BCUT2D eigenvalue weighted by molar-refractivity contribution is 5.60. The molecule has 4 nitrogen and oxygen atoms in total. The maximum absolute atomic E-state index is 5.64. The molecule has 20 heavy (non-hydrogen) atoms. The molecule has 2 rings (SSSR count). The fraction of sp³-hybridized carbons (Fsp3) is 0.375. The predicted octanol–water partition coefficient (Wildman–Crippen LogP) is 2.74. The summed E-state index contributed by atoms with van der Waals surface area (Å²) in [5.74, 6) is 1.67. The Labute approximate surface area is 120 Å². The molecular formula is C16H21N3O. The van der Waals surface area contributed by atoms with Crippen LogP contribution in [-0.4, -0.2) is 22.6 Å². The molecule has 0 radical (unpaired) electrons. The van der Waals surface area contributed by atoms with Crippen molar-refractivity contribution in [3.05, 3.63) is 41.9 Å². The van der Waals surface area contributed by atoms with Crippen LogP contribution in [0.15, 0.2) is 30.3 Å². The van der Waals surface area contributed by atoms with Crippen molar-refractivity contribution in [3.8, 4) is 17.0 Å². The van der Waals surface area contributed by atoms with E-state index in [-0.39, 0.29) is 6.10 Å². The van der Waals surface area contributed by atoms with Gasteiger partial charge in [0.25, 0.3) is 0 Å². The molecule has 0 spiro atoms. The standard InChI is InChI=1S/C16H21N3O/c1-11(2)20-14-6-4-13(5-7-14)15-10-12(3)18-16(19-15)8-9-17/h4-7,10-11H,8-9,17H2,1-3H3. The highest BCUT2D eigenvalue weighted by Crippen LogP contribution is 2.22. The minimum absolute atomic E-state index is 0.179. The van der Waals surface area contributed by atoms with Crippen LogP contribution in [0.2, 0.25) is 0 Å². The van der Waals surface area contributed by atoms with Gasteiger partial charge in [0, 0.05) is 17.7 Å². The Bertz CT molecular complexity index is 564. The molecule has 4 heteroatoms. The van der Waals surface area contributed by atoms with Crippen LogP contribution in [0.4, 0.5) is 0 Å². The highest BCUT2D eigenvalue weighted by atomic mass is 16.5. The first kappa shape index (κ1) is 14.5. The molecule has 106 valence electrons. The first-order chi connectivity index (χ1) is 9.58. The minimum atomic E-state index is 0.179. The molecule has 1 aromatic heterocycles. The first-order valence-corrected chi connectivity index (χ1v) is 6.90. The summed E-state index contributed by atoms with van der Waals surface area (Å²) in [6.45, 7) is 6.56. The van der Waals surface area contributed by atoms with Crippen molar-refractivity contribution in [2.75, 3.05) is 6.54 Å². The topological polar surface area (TPSA) is 61.0 Å². The summed E-state index contributed by atoms with van der Waals surface area (Å²) in [4.78, 5) is 8.94. The quantitative estimate of drug-likeness (QED) is 0.908. The van der Waals surface area contributed by atoms with Gasteiger partial charge in [0.2, 0.25) is 0 Å². The highest BCUT2D eigenvalue weighted by Gasteiger charge is 2.05. The summed E-state index contributed by atoms with van der Waals surface area (Å²) in [6, 6.07) is 9.96. The SMILES string of the molecule is Cc1cc(-c2ccc(OC(C)C)cc2)nc(CCN)n1. The lowest BCUT2D eigenvalue weighted by Gasteiger charge is -2.10. The van der Waals surface area contributed by atoms with Crippen molar-refractivity contribution >= 4 is 0 Å². The second-order valence-electron chi connectivity index (χ2n) is 5.04. The number of nitrogens with zero attached hydrogens (tertiary/aromatic N) is 2. The smallest absolute Gasteiger partial charge is 0.130 e. The zero-order valence-corrected chi connectivity index (χ0v) is 12.3. The van der Waals surface area contributed by atoms with Crippen LogP contribution in [-0.2, 0) is 6.42 Å². The van der Waals surface area contributed by atoms with E-state index in [2.05, 4.69) is 9.97 Å². The van der Waals surface area contributed by atoms with E-state index >= 15 is 0 Å². The van der Waals surface area contributed by atoms with Gasteiger partial charge in [0.1, 0.15) is 11.6 Å². The number of rotatable bonds is 5. The van der Waals surface area contributed by atoms with Crippen molar-refractivity contribution < 1.29 is 4.74 Å². The van der Waals surface area contributed by atoms with Crippen molar-refractivity contribution in [3.63, 3.8) is 0 Å². The van der Waals surface area contributed by atoms with Crippen LogP contribution in [0.5, 0.6) is 5.75 Å². The molecule has 0 saturated heterocycles. The Kier molecular flexibility index (Phi) is 4.69. The van der Waals surface area contributed by atoms with Gasteiger partial charge >= 0.3 is 0 Å². The maximum Gasteiger partial charge on any atom is 0.130 e.